The highest BCUT2D eigenvalue weighted by atomic mass is 32.2. The van der Waals surface area contributed by atoms with Crippen molar-refractivity contribution in [2.45, 2.75) is 24.2 Å². The van der Waals surface area contributed by atoms with Crippen LogP contribution in [0.5, 0.6) is 0 Å². The summed E-state index contributed by atoms with van der Waals surface area (Å²) in [6, 6.07) is 18.4. The van der Waals surface area contributed by atoms with Crippen molar-refractivity contribution in [3.05, 3.63) is 71.8 Å². The normalized spacial score (nSPS) is 14.0. The summed E-state index contributed by atoms with van der Waals surface area (Å²) in [6.45, 7) is 0.417. The predicted molar refractivity (Wildman–Crippen MR) is 109 cm³/mol. The van der Waals surface area contributed by atoms with Gasteiger partial charge in [-0.25, -0.2) is 8.42 Å². The first-order valence-electron chi connectivity index (χ1n) is 9.20. The first-order chi connectivity index (χ1) is 13.5. The monoisotopic (exact) mass is 395 g/mol. The lowest BCUT2D eigenvalue weighted by Crippen LogP contribution is -2.35. The number of carbonyl (C=O) groups is 1. The number of fused-ring (bicyclic) bond motifs is 2. The summed E-state index contributed by atoms with van der Waals surface area (Å²) in [4.78, 5) is 11.9. The number of rotatable bonds is 4. The Hall–Kier alpha value is -2.86. The summed E-state index contributed by atoms with van der Waals surface area (Å²) in [5.41, 5.74) is 2.37. The van der Waals surface area contributed by atoms with E-state index in [4.69, 9.17) is 4.74 Å². The summed E-state index contributed by atoms with van der Waals surface area (Å²) >= 11 is 0. The van der Waals surface area contributed by atoms with Crippen LogP contribution in [0.2, 0.25) is 0 Å². The van der Waals surface area contributed by atoms with Crippen LogP contribution >= 0.6 is 0 Å². The van der Waals surface area contributed by atoms with E-state index in [0.29, 0.717) is 22.5 Å². The van der Waals surface area contributed by atoms with Crippen molar-refractivity contribution in [3.8, 4) is 0 Å². The third-order valence-electron chi connectivity index (χ3n) is 5.12. The van der Waals surface area contributed by atoms with Crippen LogP contribution in [0, 0.1) is 0 Å². The Kier molecular flexibility index (Phi) is 4.81. The number of methoxy groups -OCH3 is 1. The van der Waals surface area contributed by atoms with Crippen LogP contribution in [0.1, 0.15) is 17.5 Å². The van der Waals surface area contributed by atoms with Crippen LogP contribution in [0.3, 0.4) is 0 Å². The molecule has 0 N–H and O–H groups in total. The molecule has 0 amide bonds. The van der Waals surface area contributed by atoms with Crippen LogP contribution in [-0.2, 0) is 32.4 Å². The van der Waals surface area contributed by atoms with Gasteiger partial charge in [-0.1, -0.05) is 48.5 Å². The average Bonchev–Trinajstić information content (AvgIpc) is 2.72. The van der Waals surface area contributed by atoms with Gasteiger partial charge in [-0.05, 0) is 41.5 Å². The van der Waals surface area contributed by atoms with E-state index < -0.39 is 10.0 Å². The molecule has 3 aromatic rings. The minimum Gasteiger partial charge on any atom is -0.469 e. The van der Waals surface area contributed by atoms with E-state index in [2.05, 4.69) is 0 Å². The lowest BCUT2D eigenvalue weighted by atomic mass is 10.00. The Labute approximate surface area is 164 Å². The van der Waals surface area contributed by atoms with E-state index in [9.17, 15) is 13.2 Å². The lowest BCUT2D eigenvalue weighted by Gasteiger charge is -2.31. The van der Waals surface area contributed by atoms with Crippen LogP contribution in [0.4, 0.5) is 5.69 Å². The number of benzene rings is 3. The number of ether oxygens (including phenoxy) is 1. The molecule has 0 spiro atoms. The van der Waals surface area contributed by atoms with Gasteiger partial charge in [0.05, 0.1) is 24.1 Å². The zero-order valence-corrected chi connectivity index (χ0v) is 16.4. The second kappa shape index (κ2) is 7.28. The standard InChI is InChI=1S/C22H21NO4S/c1-27-22(24)15-16-11-12-18-8-5-13-23(20(18)14-16)28(25,26)21-10-4-7-17-6-2-3-9-19(17)21/h2-4,6-7,9-12,14H,5,8,13,15H2,1H3. The van der Waals surface area contributed by atoms with Crippen molar-refractivity contribution in [1.29, 1.82) is 0 Å². The molecule has 0 fully saturated rings. The van der Waals surface area contributed by atoms with Gasteiger partial charge < -0.3 is 4.74 Å². The van der Waals surface area contributed by atoms with Gasteiger partial charge >= 0.3 is 5.97 Å². The Morgan fingerprint density at radius 2 is 1.86 bits per heavy atom. The lowest BCUT2D eigenvalue weighted by molar-refractivity contribution is -0.139. The molecule has 5 nitrogen and oxygen atoms in total. The average molecular weight is 395 g/mol. The smallest absolute Gasteiger partial charge is 0.309 e. The van der Waals surface area contributed by atoms with Gasteiger partial charge in [0, 0.05) is 11.9 Å². The van der Waals surface area contributed by atoms with E-state index in [1.165, 1.54) is 11.4 Å². The molecule has 1 heterocycles. The summed E-state index contributed by atoms with van der Waals surface area (Å²) in [5.74, 6) is -0.348. The first kappa shape index (κ1) is 18.5. The fourth-order valence-electron chi connectivity index (χ4n) is 3.72. The zero-order valence-electron chi connectivity index (χ0n) is 15.6. The van der Waals surface area contributed by atoms with Gasteiger partial charge in [-0.15, -0.1) is 0 Å². The van der Waals surface area contributed by atoms with Crippen LogP contribution in [-0.4, -0.2) is 28.0 Å². The number of esters is 1. The largest absolute Gasteiger partial charge is 0.469 e. The van der Waals surface area contributed by atoms with Gasteiger partial charge in [0.2, 0.25) is 0 Å². The van der Waals surface area contributed by atoms with Gasteiger partial charge in [-0.2, -0.15) is 0 Å². The van der Waals surface area contributed by atoms with Crippen molar-refractivity contribution in [1.82, 2.24) is 0 Å². The van der Waals surface area contributed by atoms with Gasteiger partial charge in [0.1, 0.15) is 0 Å². The molecule has 0 saturated heterocycles. The molecule has 0 bridgehead atoms. The van der Waals surface area contributed by atoms with Gasteiger partial charge in [0.25, 0.3) is 10.0 Å². The molecular weight excluding hydrogens is 374 g/mol. The number of hydrogen-bond donors (Lipinski definition) is 0. The SMILES string of the molecule is COC(=O)Cc1ccc2c(c1)N(S(=O)(=O)c1cccc3ccccc13)CCC2. The maximum atomic E-state index is 13.6. The van der Waals surface area contributed by atoms with Gasteiger partial charge in [-0.3, -0.25) is 9.10 Å². The molecule has 6 heteroatoms. The molecule has 28 heavy (non-hydrogen) atoms. The number of anilines is 1. The number of aryl methyl sites for hydroxylation is 1. The highest BCUT2D eigenvalue weighted by molar-refractivity contribution is 7.93. The summed E-state index contributed by atoms with van der Waals surface area (Å²) < 4.78 is 33.4. The van der Waals surface area contributed by atoms with Crippen molar-refractivity contribution in [2.75, 3.05) is 18.0 Å². The molecule has 0 saturated carbocycles. The molecule has 0 aliphatic carbocycles. The second-order valence-electron chi connectivity index (χ2n) is 6.87. The molecule has 1 aliphatic rings. The Morgan fingerprint density at radius 1 is 1.07 bits per heavy atom. The fourth-order valence-corrected chi connectivity index (χ4v) is 5.47. The Balaban J connectivity index is 1.82. The molecule has 0 atom stereocenters. The molecule has 4 rings (SSSR count). The van der Waals surface area contributed by atoms with E-state index in [1.807, 2.05) is 42.5 Å². The zero-order chi connectivity index (χ0) is 19.7. The highest BCUT2D eigenvalue weighted by Crippen LogP contribution is 2.35. The molecule has 3 aromatic carbocycles. The number of sulfonamides is 1. The third-order valence-corrected chi connectivity index (χ3v) is 6.99. The maximum Gasteiger partial charge on any atom is 0.309 e. The molecule has 0 aromatic heterocycles. The minimum absolute atomic E-state index is 0.117. The van der Waals surface area contributed by atoms with Gasteiger partial charge in [0.15, 0.2) is 0 Å². The van der Waals surface area contributed by atoms with Crippen LogP contribution in [0.15, 0.2) is 65.6 Å². The van der Waals surface area contributed by atoms with E-state index in [-0.39, 0.29) is 12.4 Å². The van der Waals surface area contributed by atoms with E-state index in [1.54, 1.807) is 18.2 Å². The van der Waals surface area contributed by atoms with Crippen molar-refractivity contribution < 1.29 is 17.9 Å². The fraction of sp³-hybridized carbons (Fsp3) is 0.227. The topological polar surface area (TPSA) is 63.7 Å². The summed E-state index contributed by atoms with van der Waals surface area (Å²) in [7, 11) is -2.39. The molecule has 0 radical (unpaired) electrons. The molecule has 1 aliphatic heterocycles. The van der Waals surface area contributed by atoms with Crippen molar-refractivity contribution >= 4 is 32.5 Å². The summed E-state index contributed by atoms with van der Waals surface area (Å²) in [6.07, 6.45) is 1.69. The first-order valence-corrected chi connectivity index (χ1v) is 10.6. The summed E-state index contributed by atoms with van der Waals surface area (Å²) in [5, 5.41) is 1.60. The van der Waals surface area contributed by atoms with Crippen molar-refractivity contribution in [2.24, 2.45) is 0 Å². The second-order valence-corrected chi connectivity index (χ2v) is 8.70. The highest BCUT2D eigenvalue weighted by Gasteiger charge is 2.30. The van der Waals surface area contributed by atoms with Crippen LogP contribution in [0.25, 0.3) is 10.8 Å². The number of nitrogens with zero attached hydrogens (tertiary/aromatic N) is 1. The Bertz CT molecular complexity index is 1150. The van der Waals surface area contributed by atoms with E-state index >= 15 is 0 Å². The molecular formula is C22H21NO4S. The quantitative estimate of drug-likeness (QED) is 0.632. The molecule has 0 unspecified atom stereocenters. The minimum atomic E-state index is -3.74. The predicted octanol–water partition coefficient (Wildman–Crippen LogP) is 3.70. The van der Waals surface area contributed by atoms with E-state index in [0.717, 1.165) is 29.4 Å². The Morgan fingerprint density at radius 3 is 2.68 bits per heavy atom. The molecule has 144 valence electrons. The maximum absolute atomic E-state index is 13.6. The van der Waals surface area contributed by atoms with Crippen LogP contribution < -0.4 is 4.31 Å². The number of carbonyl (C=O) groups excluding carboxylic acids is 1. The van der Waals surface area contributed by atoms with Crippen molar-refractivity contribution in [3.63, 3.8) is 0 Å². The third kappa shape index (κ3) is 3.24. The number of hydrogen-bond acceptors (Lipinski definition) is 4.